The topological polar surface area (TPSA) is 121 Å². The van der Waals surface area contributed by atoms with Gasteiger partial charge in [0.1, 0.15) is 5.75 Å². The van der Waals surface area contributed by atoms with Crippen molar-refractivity contribution in [2.24, 2.45) is 4.99 Å². The molecule has 2 amide bonds. The van der Waals surface area contributed by atoms with E-state index in [9.17, 15) is 19.5 Å². The van der Waals surface area contributed by atoms with Crippen LogP contribution in [0, 0.1) is 0 Å². The SMILES string of the molecule is COc1ccc(/N=C2/NC(=O)/C(=C/c3cnc(N(C=O)C4CC4)s3)S2)c(C(=O)O)c1. The molecule has 1 aliphatic heterocycles. The maximum Gasteiger partial charge on any atom is 0.338 e. The van der Waals surface area contributed by atoms with Gasteiger partial charge in [-0.15, -0.1) is 0 Å². The average Bonchev–Trinajstić information content (AvgIpc) is 3.36. The van der Waals surface area contributed by atoms with Crippen LogP contribution in [0.2, 0.25) is 0 Å². The fraction of sp³-hybridized carbons (Fsp3) is 0.211. The van der Waals surface area contributed by atoms with Crippen molar-refractivity contribution in [1.82, 2.24) is 10.3 Å². The number of aromatic nitrogens is 1. The Hall–Kier alpha value is -3.18. The van der Waals surface area contributed by atoms with Gasteiger partial charge in [-0.2, -0.15) is 0 Å². The summed E-state index contributed by atoms with van der Waals surface area (Å²) in [6, 6.07) is 4.70. The maximum absolute atomic E-state index is 12.3. The number of thiazole rings is 1. The van der Waals surface area contributed by atoms with E-state index in [0.29, 0.717) is 15.8 Å². The second kappa shape index (κ2) is 8.28. The lowest BCUT2D eigenvalue weighted by Gasteiger charge is -2.11. The van der Waals surface area contributed by atoms with Gasteiger partial charge in [0.15, 0.2) is 10.3 Å². The van der Waals surface area contributed by atoms with Crippen molar-refractivity contribution in [3.8, 4) is 5.75 Å². The number of nitrogens with zero attached hydrogens (tertiary/aromatic N) is 3. The first-order valence-corrected chi connectivity index (χ1v) is 10.5. The Morgan fingerprint density at radius 2 is 2.23 bits per heavy atom. The van der Waals surface area contributed by atoms with E-state index in [1.54, 1.807) is 23.2 Å². The number of hydrogen-bond acceptors (Lipinski definition) is 8. The molecule has 0 bridgehead atoms. The zero-order chi connectivity index (χ0) is 21.3. The second-order valence-electron chi connectivity index (χ2n) is 6.46. The van der Waals surface area contributed by atoms with Gasteiger partial charge in [-0.1, -0.05) is 11.3 Å². The molecule has 11 heteroatoms. The predicted molar refractivity (Wildman–Crippen MR) is 114 cm³/mol. The zero-order valence-corrected chi connectivity index (χ0v) is 17.3. The number of aromatic carboxylic acids is 1. The lowest BCUT2D eigenvalue weighted by molar-refractivity contribution is -0.115. The fourth-order valence-electron chi connectivity index (χ4n) is 2.73. The molecule has 2 fully saturated rings. The molecule has 0 unspecified atom stereocenters. The number of benzene rings is 1. The normalized spacial score (nSPS) is 18.5. The molecule has 0 spiro atoms. The molecule has 1 saturated heterocycles. The second-order valence-corrected chi connectivity index (χ2v) is 8.53. The molecule has 4 rings (SSSR count). The molecule has 9 nitrogen and oxygen atoms in total. The minimum Gasteiger partial charge on any atom is -0.497 e. The minimum atomic E-state index is -1.15. The zero-order valence-electron chi connectivity index (χ0n) is 15.7. The number of ether oxygens (including phenoxy) is 1. The van der Waals surface area contributed by atoms with Crippen LogP contribution in [0.5, 0.6) is 5.75 Å². The number of rotatable bonds is 7. The standard InChI is InChI=1S/C19H16N4O5S2/c1-28-11-4-5-14(13(6-11)17(26)27)21-18-22-16(25)15(30-18)7-12-8-20-19(29-12)23(9-24)10-2-3-10/h4-10H,2-3H2,1H3,(H,26,27)(H,21,22,25)/b15-7-. The highest BCUT2D eigenvalue weighted by Crippen LogP contribution is 2.35. The van der Waals surface area contributed by atoms with E-state index in [4.69, 9.17) is 4.74 Å². The molecule has 1 aromatic carbocycles. The summed E-state index contributed by atoms with van der Waals surface area (Å²) in [5.41, 5.74) is 0.175. The number of aliphatic imine (C=N–C) groups is 1. The van der Waals surface area contributed by atoms with Crippen molar-refractivity contribution in [1.29, 1.82) is 0 Å². The van der Waals surface area contributed by atoms with Gasteiger partial charge in [0.2, 0.25) is 6.41 Å². The average molecular weight is 444 g/mol. The third-order valence-electron chi connectivity index (χ3n) is 4.37. The van der Waals surface area contributed by atoms with E-state index in [0.717, 1.165) is 35.9 Å². The largest absolute Gasteiger partial charge is 0.497 e. The van der Waals surface area contributed by atoms with Crippen molar-refractivity contribution < 1.29 is 24.2 Å². The molecule has 2 heterocycles. The van der Waals surface area contributed by atoms with E-state index in [1.807, 2.05) is 0 Å². The first-order chi connectivity index (χ1) is 14.5. The molecule has 0 radical (unpaired) electrons. The summed E-state index contributed by atoms with van der Waals surface area (Å²) in [5, 5.41) is 12.9. The highest BCUT2D eigenvalue weighted by atomic mass is 32.2. The van der Waals surface area contributed by atoms with E-state index in [2.05, 4.69) is 15.3 Å². The molecule has 154 valence electrons. The fourth-order valence-corrected chi connectivity index (χ4v) is 4.53. The summed E-state index contributed by atoms with van der Waals surface area (Å²) < 4.78 is 5.05. The van der Waals surface area contributed by atoms with E-state index >= 15 is 0 Å². The van der Waals surface area contributed by atoms with Crippen LogP contribution in [0.4, 0.5) is 10.8 Å². The van der Waals surface area contributed by atoms with E-state index in [1.165, 1.54) is 30.6 Å². The number of anilines is 1. The van der Waals surface area contributed by atoms with Crippen LogP contribution in [0.25, 0.3) is 6.08 Å². The number of amidine groups is 1. The number of carboxylic acid groups (broad SMARTS) is 1. The maximum atomic E-state index is 12.3. The monoisotopic (exact) mass is 444 g/mol. The predicted octanol–water partition coefficient (Wildman–Crippen LogP) is 2.87. The summed E-state index contributed by atoms with van der Waals surface area (Å²) in [6.07, 6.45) is 6.00. The lowest BCUT2D eigenvalue weighted by atomic mass is 10.1. The third kappa shape index (κ3) is 4.21. The Morgan fingerprint density at radius 1 is 1.43 bits per heavy atom. The van der Waals surface area contributed by atoms with Crippen LogP contribution in [0.1, 0.15) is 28.1 Å². The van der Waals surface area contributed by atoms with Crippen LogP contribution in [-0.2, 0) is 9.59 Å². The molecule has 1 saturated carbocycles. The van der Waals surface area contributed by atoms with Gasteiger partial charge in [0.25, 0.3) is 5.91 Å². The molecule has 2 N–H and O–H groups in total. The summed E-state index contributed by atoms with van der Waals surface area (Å²) in [4.78, 5) is 46.4. The van der Waals surface area contributed by atoms with Gasteiger partial charge >= 0.3 is 5.97 Å². The van der Waals surface area contributed by atoms with Crippen molar-refractivity contribution in [2.45, 2.75) is 18.9 Å². The number of carbonyl (C=O) groups excluding carboxylic acids is 2. The van der Waals surface area contributed by atoms with Gasteiger partial charge in [-0.05, 0) is 48.9 Å². The summed E-state index contributed by atoms with van der Waals surface area (Å²) in [5.74, 6) is -1.09. The van der Waals surface area contributed by atoms with Crippen molar-refractivity contribution in [3.05, 3.63) is 39.7 Å². The highest BCUT2D eigenvalue weighted by molar-refractivity contribution is 8.18. The van der Waals surface area contributed by atoms with E-state index < -0.39 is 5.97 Å². The Morgan fingerprint density at radius 3 is 2.90 bits per heavy atom. The summed E-state index contributed by atoms with van der Waals surface area (Å²) >= 11 is 2.42. The smallest absolute Gasteiger partial charge is 0.338 e. The number of thioether (sulfide) groups is 1. The number of methoxy groups -OCH3 is 1. The number of amides is 2. The Kier molecular flexibility index (Phi) is 5.55. The Labute approximate surface area is 179 Å². The number of nitrogens with one attached hydrogen (secondary N) is 1. The number of carboxylic acids is 1. The first-order valence-electron chi connectivity index (χ1n) is 8.89. The quantitative estimate of drug-likeness (QED) is 0.497. The summed E-state index contributed by atoms with van der Waals surface area (Å²) in [7, 11) is 1.44. The van der Waals surface area contributed by atoms with Crippen LogP contribution in [0.3, 0.4) is 0 Å². The van der Waals surface area contributed by atoms with Crippen LogP contribution in [0.15, 0.2) is 34.3 Å². The lowest BCUT2D eigenvalue weighted by Crippen LogP contribution is -2.22. The molecule has 0 atom stereocenters. The van der Waals surface area contributed by atoms with Crippen molar-refractivity contribution in [3.63, 3.8) is 0 Å². The molecular formula is C19H16N4O5S2. The van der Waals surface area contributed by atoms with Crippen LogP contribution >= 0.6 is 23.1 Å². The molecule has 2 aliphatic rings. The van der Waals surface area contributed by atoms with Gasteiger partial charge in [0.05, 0.1) is 28.1 Å². The van der Waals surface area contributed by atoms with Crippen molar-refractivity contribution >= 4 is 63.4 Å². The molecule has 2 aromatic rings. The molecule has 30 heavy (non-hydrogen) atoms. The Bertz CT molecular complexity index is 1090. The highest BCUT2D eigenvalue weighted by Gasteiger charge is 2.31. The molecule has 1 aliphatic carbocycles. The minimum absolute atomic E-state index is 0.0322. The molecule has 1 aromatic heterocycles. The van der Waals surface area contributed by atoms with Crippen molar-refractivity contribution in [2.75, 3.05) is 12.0 Å². The van der Waals surface area contributed by atoms with Gasteiger partial charge in [-0.3, -0.25) is 14.5 Å². The Balaban J connectivity index is 1.55. The third-order valence-corrected chi connectivity index (χ3v) is 6.23. The molecular weight excluding hydrogens is 428 g/mol. The van der Waals surface area contributed by atoms with Gasteiger partial charge in [-0.25, -0.2) is 14.8 Å². The number of carbonyl (C=O) groups is 3. The van der Waals surface area contributed by atoms with Gasteiger partial charge in [0, 0.05) is 12.2 Å². The summed E-state index contributed by atoms with van der Waals surface area (Å²) in [6.45, 7) is 0. The van der Waals surface area contributed by atoms with Crippen LogP contribution < -0.4 is 15.0 Å². The van der Waals surface area contributed by atoms with Crippen LogP contribution in [-0.4, -0.2) is 46.7 Å². The van der Waals surface area contributed by atoms with Gasteiger partial charge < -0.3 is 15.2 Å². The van der Waals surface area contributed by atoms with E-state index in [-0.39, 0.29) is 28.4 Å². The first kappa shape index (κ1) is 20.1. The number of hydrogen-bond donors (Lipinski definition) is 2.